The SMILES string of the molecule is CCCCCCCCOc1ccc(CCNC(=S)NC)cc1. The van der Waals surface area contributed by atoms with E-state index >= 15 is 0 Å². The Balaban J connectivity index is 2.12. The van der Waals surface area contributed by atoms with Crippen LogP contribution in [0.2, 0.25) is 0 Å². The molecule has 0 radical (unpaired) electrons. The number of unbranched alkanes of at least 4 members (excludes halogenated alkanes) is 5. The first-order valence-electron chi connectivity index (χ1n) is 8.43. The maximum atomic E-state index is 5.78. The number of benzene rings is 1. The van der Waals surface area contributed by atoms with E-state index in [1.807, 2.05) is 7.05 Å². The van der Waals surface area contributed by atoms with Gasteiger partial charge in [-0.2, -0.15) is 0 Å². The molecule has 0 heterocycles. The Hall–Kier alpha value is -1.29. The van der Waals surface area contributed by atoms with Crippen molar-refractivity contribution in [2.45, 2.75) is 51.9 Å². The summed E-state index contributed by atoms with van der Waals surface area (Å²) in [5.41, 5.74) is 1.29. The molecule has 0 aliphatic rings. The summed E-state index contributed by atoms with van der Waals surface area (Å²) in [6, 6.07) is 8.37. The van der Waals surface area contributed by atoms with Crippen LogP contribution in [0.5, 0.6) is 5.75 Å². The molecule has 0 unspecified atom stereocenters. The Kier molecular flexibility index (Phi) is 10.5. The standard InChI is InChI=1S/C18H30N2OS/c1-3-4-5-6-7-8-15-21-17-11-9-16(10-12-17)13-14-20-18(22)19-2/h9-12H,3-8,13-15H2,1-2H3,(H2,19,20,22). The van der Waals surface area contributed by atoms with E-state index in [-0.39, 0.29) is 0 Å². The van der Waals surface area contributed by atoms with Gasteiger partial charge < -0.3 is 15.4 Å². The van der Waals surface area contributed by atoms with Gasteiger partial charge in [0.2, 0.25) is 0 Å². The third-order valence-electron chi connectivity index (χ3n) is 3.62. The van der Waals surface area contributed by atoms with Crippen LogP contribution in [0.25, 0.3) is 0 Å². The maximum Gasteiger partial charge on any atom is 0.166 e. The molecule has 0 spiro atoms. The number of rotatable bonds is 11. The highest BCUT2D eigenvalue weighted by molar-refractivity contribution is 7.80. The molecule has 124 valence electrons. The van der Waals surface area contributed by atoms with Crippen molar-refractivity contribution in [3.8, 4) is 5.75 Å². The molecule has 2 N–H and O–H groups in total. The van der Waals surface area contributed by atoms with E-state index in [2.05, 4.69) is 41.8 Å². The second-order valence-corrected chi connectivity index (χ2v) is 5.92. The highest BCUT2D eigenvalue weighted by Gasteiger charge is 1.97. The summed E-state index contributed by atoms with van der Waals surface area (Å²) in [6.07, 6.45) is 8.73. The van der Waals surface area contributed by atoms with E-state index in [4.69, 9.17) is 17.0 Å². The molecular formula is C18H30N2OS. The second-order valence-electron chi connectivity index (χ2n) is 5.52. The van der Waals surface area contributed by atoms with Gasteiger partial charge in [0, 0.05) is 13.6 Å². The van der Waals surface area contributed by atoms with Crippen LogP contribution in [0.3, 0.4) is 0 Å². The zero-order valence-corrected chi connectivity index (χ0v) is 14.8. The van der Waals surface area contributed by atoms with Gasteiger partial charge in [-0.25, -0.2) is 0 Å². The lowest BCUT2D eigenvalue weighted by Crippen LogP contribution is -2.33. The first kappa shape index (κ1) is 18.8. The van der Waals surface area contributed by atoms with E-state index in [1.54, 1.807) is 0 Å². The zero-order valence-electron chi connectivity index (χ0n) is 14.0. The Bertz CT molecular complexity index is 406. The molecule has 1 rings (SSSR count). The first-order valence-corrected chi connectivity index (χ1v) is 8.84. The molecule has 0 aliphatic heterocycles. The fourth-order valence-corrected chi connectivity index (χ4v) is 2.34. The lowest BCUT2D eigenvalue weighted by atomic mass is 10.1. The van der Waals surface area contributed by atoms with Gasteiger partial charge in [0.05, 0.1) is 6.61 Å². The van der Waals surface area contributed by atoms with E-state index in [1.165, 1.54) is 37.7 Å². The number of nitrogens with one attached hydrogen (secondary N) is 2. The molecule has 0 atom stereocenters. The monoisotopic (exact) mass is 322 g/mol. The van der Waals surface area contributed by atoms with Crippen LogP contribution in [-0.2, 0) is 6.42 Å². The molecule has 22 heavy (non-hydrogen) atoms. The van der Waals surface area contributed by atoms with Crippen molar-refractivity contribution in [3.63, 3.8) is 0 Å². The van der Waals surface area contributed by atoms with Crippen LogP contribution in [0.1, 0.15) is 51.0 Å². The van der Waals surface area contributed by atoms with Gasteiger partial charge in [0.1, 0.15) is 5.75 Å². The highest BCUT2D eigenvalue weighted by atomic mass is 32.1. The lowest BCUT2D eigenvalue weighted by molar-refractivity contribution is 0.304. The van der Waals surface area contributed by atoms with Gasteiger partial charge >= 0.3 is 0 Å². The van der Waals surface area contributed by atoms with E-state index in [0.29, 0.717) is 5.11 Å². The molecule has 3 nitrogen and oxygen atoms in total. The van der Waals surface area contributed by atoms with Crippen molar-refractivity contribution in [3.05, 3.63) is 29.8 Å². The average Bonchev–Trinajstić information content (AvgIpc) is 2.55. The molecule has 0 amide bonds. The zero-order chi connectivity index (χ0) is 16.0. The van der Waals surface area contributed by atoms with Crippen LogP contribution < -0.4 is 15.4 Å². The number of ether oxygens (including phenoxy) is 1. The lowest BCUT2D eigenvalue weighted by Gasteiger charge is -2.09. The van der Waals surface area contributed by atoms with Crippen LogP contribution >= 0.6 is 12.2 Å². The normalized spacial score (nSPS) is 10.3. The quantitative estimate of drug-likeness (QED) is 0.475. The molecule has 1 aromatic rings. The van der Waals surface area contributed by atoms with E-state index in [9.17, 15) is 0 Å². The minimum absolute atomic E-state index is 0.693. The molecule has 0 saturated heterocycles. The number of thiocarbonyl (C=S) groups is 1. The van der Waals surface area contributed by atoms with Crippen molar-refractivity contribution in [2.75, 3.05) is 20.2 Å². The number of hydrogen-bond donors (Lipinski definition) is 2. The van der Waals surface area contributed by atoms with Gasteiger partial charge in [0.15, 0.2) is 5.11 Å². The Morgan fingerprint density at radius 2 is 1.73 bits per heavy atom. The van der Waals surface area contributed by atoms with Crippen LogP contribution in [-0.4, -0.2) is 25.3 Å². The van der Waals surface area contributed by atoms with Gasteiger partial charge in [-0.15, -0.1) is 0 Å². The van der Waals surface area contributed by atoms with Crippen molar-refractivity contribution in [1.82, 2.24) is 10.6 Å². The van der Waals surface area contributed by atoms with E-state index in [0.717, 1.165) is 31.7 Å². The Labute approximate surface area is 140 Å². The highest BCUT2D eigenvalue weighted by Crippen LogP contribution is 2.13. The van der Waals surface area contributed by atoms with Crippen molar-refractivity contribution in [1.29, 1.82) is 0 Å². The molecule has 4 heteroatoms. The third-order valence-corrected chi connectivity index (χ3v) is 3.96. The molecule has 0 aliphatic carbocycles. The predicted octanol–water partition coefficient (Wildman–Crippen LogP) is 4.06. The third kappa shape index (κ3) is 8.88. The topological polar surface area (TPSA) is 33.3 Å². The van der Waals surface area contributed by atoms with E-state index < -0.39 is 0 Å². The summed E-state index contributed by atoms with van der Waals surface area (Å²) in [6.45, 7) is 3.92. The summed E-state index contributed by atoms with van der Waals surface area (Å²) in [7, 11) is 1.82. The maximum absolute atomic E-state index is 5.78. The fourth-order valence-electron chi connectivity index (χ4n) is 2.23. The predicted molar refractivity (Wildman–Crippen MR) is 98.7 cm³/mol. The summed E-state index contributed by atoms with van der Waals surface area (Å²) >= 11 is 5.04. The second kappa shape index (κ2) is 12.3. The minimum atomic E-state index is 0.693. The summed E-state index contributed by atoms with van der Waals surface area (Å²) < 4.78 is 5.78. The van der Waals surface area contributed by atoms with Crippen molar-refractivity contribution in [2.24, 2.45) is 0 Å². The van der Waals surface area contributed by atoms with Gasteiger partial charge in [-0.05, 0) is 42.8 Å². The van der Waals surface area contributed by atoms with Crippen LogP contribution in [0.4, 0.5) is 0 Å². The molecule has 0 saturated carbocycles. The first-order chi connectivity index (χ1) is 10.8. The smallest absolute Gasteiger partial charge is 0.166 e. The molecular weight excluding hydrogens is 292 g/mol. The Morgan fingerprint density at radius 3 is 2.41 bits per heavy atom. The average molecular weight is 323 g/mol. The van der Waals surface area contributed by atoms with Crippen LogP contribution in [0, 0.1) is 0 Å². The summed E-state index contributed by atoms with van der Waals surface area (Å²) in [5.74, 6) is 0.969. The van der Waals surface area contributed by atoms with Crippen LogP contribution in [0.15, 0.2) is 24.3 Å². The minimum Gasteiger partial charge on any atom is -0.494 e. The largest absolute Gasteiger partial charge is 0.494 e. The summed E-state index contributed by atoms with van der Waals surface area (Å²) in [5, 5.41) is 6.75. The number of hydrogen-bond acceptors (Lipinski definition) is 2. The van der Waals surface area contributed by atoms with Gasteiger partial charge in [-0.1, -0.05) is 51.2 Å². The molecule has 0 bridgehead atoms. The van der Waals surface area contributed by atoms with Gasteiger partial charge in [0.25, 0.3) is 0 Å². The Morgan fingerprint density at radius 1 is 1.05 bits per heavy atom. The van der Waals surface area contributed by atoms with Crippen molar-refractivity contribution >= 4 is 17.3 Å². The molecule has 0 fully saturated rings. The van der Waals surface area contributed by atoms with Crippen molar-refractivity contribution < 1.29 is 4.74 Å². The fraction of sp³-hybridized carbons (Fsp3) is 0.611. The summed E-state index contributed by atoms with van der Waals surface area (Å²) in [4.78, 5) is 0. The molecule has 0 aromatic heterocycles. The van der Waals surface area contributed by atoms with Gasteiger partial charge in [-0.3, -0.25) is 0 Å². The molecule has 1 aromatic carbocycles.